The van der Waals surface area contributed by atoms with Crippen molar-refractivity contribution in [3.63, 3.8) is 0 Å². The van der Waals surface area contributed by atoms with Crippen LogP contribution in [0.2, 0.25) is 5.02 Å². The smallest absolute Gasteiger partial charge is 0.243 e. The van der Waals surface area contributed by atoms with E-state index >= 15 is 0 Å². The van der Waals surface area contributed by atoms with Crippen molar-refractivity contribution >= 4 is 27.5 Å². The number of sulfonamides is 1. The molecule has 1 aliphatic heterocycles. The quantitative estimate of drug-likeness (QED) is 0.769. The van der Waals surface area contributed by atoms with Crippen molar-refractivity contribution < 1.29 is 17.6 Å². The highest BCUT2D eigenvalue weighted by molar-refractivity contribution is 7.89. The molecule has 1 saturated heterocycles. The summed E-state index contributed by atoms with van der Waals surface area (Å²) in [6.07, 6.45) is 0. The Hall–Kier alpha value is -2.00. The summed E-state index contributed by atoms with van der Waals surface area (Å²) in [6.45, 7) is 2.01. The van der Waals surface area contributed by atoms with E-state index in [4.69, 9.17) is 11.6 Å². The minimum absolute atomic E-state index is 0.0583. The van der Waals surface area contributed by atoms with Crippen molar-refractivity contribution in [2.75, 3.05) is 32.7 Å². The minimum atomic E-state index is -4.02. The highest BCUT2D eigenvalue weighted by Crippen LogP contribution is 2.23. The SMILES string of the molecule is O=C(CN(Cc1ccccc1Cl)S(=O)(=O)c1ccc(F)cc1)N1CCNCC1. The molecule has 1 amide bonds. The van der Waals surface area contributed by atoms with Crippen molar-refractivity contribution in [2.24, 2.45) is 0 Å². The lowest BCUT2D eigenvalue weighted by Gasteiger charge is -2.30. The number of benzene rings is 2. The van der Waals surface area contributed by atoms with Gasteiger partial charge >= 0.3 is 0 Å². The summed E-state index contributed by atoms with van der Waals surface area (Å²) in [6, 6.07) is 11.4. The van der Waals surface area contributed by atoms with Gasteiger partial charge in [0.15, 0.2) is 0 Å². The summed E-state index contributed by atoms with van der Waals surface area (Å²) in [4.78, 5) is 14.3. The second-order valence-corrected chi connectivity index (χ2v) is 8.79. The molecule has 0 aromatic heterocycles. The van der Waals surface area contributed by atoms with E-state index in [0.717, 1.165) is 16.4 Å². The number of piperazine rings is 1. The third kappa shape index (κ3) is 4.88. The zero-order valence-corrected chi connectivity index (χ0v) is 16.7. The molecule has 0 unspecified atom stereocenters. The number of carbonyl (C=O) groups is 1. The summed E-state index contributed by atoms with van der Waals surface area (Å²) in [5.41, 5.74) is 0.586. The molecular weight excluding hydrogens is 405 g/mol. The van der Waals surface area contributed by atoms with E-state index in [1.807, 2.05) is 0 Å². The molecule has 2 aromatic carbocycles. The highest BCUT2D eigenvalue weighted by Gasteiger charge is 2.29. The number of nitrogens with zero attached hydrogens (tertiary/aromatic N) is 2. The average Bonchev–Trinajstić information content (AvgIpc) is 2.70. The van der Waals surface area contributed by atoms with Gasteiger partial charge < -0.3 is 10.2 Å². The van der Waals surface area contributed by atoms with Gasteiger partial charge in [-0.3, -0.25) is 4.79 Å². The Morgan fingerprint density at radius 1 is 1.11 bits per heavy atom. The third-order valence-electron chi connectivity index (χ3n) is 4.54. The molecule has 0 aliphatic carbocycles. The molecule has 1 aliphatic rings. The Kier molecular flexibility index (Phi) is 6.66. The van der Waals surface area contributed by atoms with Crippen molar-refractivity contribution in [3.05, 3.63) is 64.9 Å². The van der Waals surface area contributed by atoms with Gasteiger partial charge in [-0.1, -0.05) is 29.8 Å². The standard InChI is InChI=1S/C19H21ClFN3O3S/c20-18-4-2-1-3-15(18)13-24(14-19(25)23-11-9-22-10-12-23)28(26,27)17-7-5-16(21)6-8-17/h1-8,22H,9-14H2. The van der Waals surface area contributed by atoms with Gasteiger partial charge in [0.05, 0.1) is 11.4 Å². The monoisotopic (exact) mass is 425 g/mol. The first kappa shape index (κ1) is 20.7. The van der Waals surface area contributed by atoms with Crippen molar-refractivity contribution in [3.8, 4) is 0 Å². The van der Waals surface area contributed by atoms with Crippen molar-refractivity contribution in [1.29, 1.82) is 0 Å². The lowest BCUT2D eigenvalue weighted by Crippen LogP contribution is -2.50. The number of hydrogen-bond donors (Lipinski definition) is 1. The molecule has 0 spiro atoms. The molecule has 0 atom stereocenters. The summed E-state index contributed by atoms with van der Waals surface area (Å²) in [5, 5.41) is 3.57. The van der Waals surface area contributed by atoms with Crippen LogP contribution in [0.1, 0.15) is 5.56 Å². The Morgan fingerprint density at radius 2 is 1.75 bits per heavy atom. The fourth-order valence-electron chi connectivity index (χ4n) is 2.96. The fraction of sp³-hybridized carbons (Fsp3) is 0.316. The second kappa shape index (κ2) is 9.00. The molecule has 1 heterocycles. The molecule has 28 heavy (non-hydrogen) atoms. The van der Waals surface area contributed by atoms with E-state index in [1.54, 1.807) is 29.2 Å². The Morgan fingerprint density at radius 3 is 2.39 bits per heavy atom. The number of nitrogens with one attached hydrogen (secondary N) is 1. The predicted molar refractivity (Wildman–Crippen MR) is 105 cm³/mol. The molecule has 1 N–H and O–H groups in total. The molecule has 150 valence electrons. The molecule has 1 fully saturated rings. The van der Waals surface area contributed by atoms with Crippen LogP contribution < -0.4 is 5.32 Å². The van der Waals surface area contributed by atoms with Crippen molar-refractivity contribution in [2.45, 2.75) is 11.4 Å². The van der Waals surface area contributed by atoms with E-state index in [1.165, 1.54) is 12.1 Å². The van der Waals surface area contributed by atoms with Crippen LogP contribution in [0.25, 0.3) is 0 Å². The van der Waals surface area contributed by atoms with Gasteiger partial charge in [0.2, 0.25) is 15.9 Å². The van der Waals surface area contributed by atoms with Crippen LogP contribution in [-0.2, 0) is 21.4 Å². The molecule has 0 bridgehead atoms. The van der Waals surface area contributed by atoms with Gasteiger partial charge in [0.1, 0.15) is 5.82 Å². The van der Waals surface area contributed by atoms with Crippen LogP contribution >= 0.6 is 11.6 Å². The first-order chi connectivity index (χ1) is 13.4. The summed E-state index contributed by atoms with van der Waals surface area (Å²) in [7, 11) is -4.02. The van der Waals surface area contributed by atoms with E-state index in [2.05, 4.69) is 5.32 Å². The summed E-state index contributed by atoms with van der Waals surface area (Å²) < 4.78 is 40.6. The van der Waals surface area contributed by atoms with Gasteiger partial charge in [-0.25, -0.2) is 12.8 Å². The maximum Gasteiger partial charge on any atom is 0.243 e. The number of amides is 1. The minimum Gasteiger partial charge on any atom is -0.339 e. The Labute approximate surface area is 168 Å². The summed E-state index contributed by atoms with van der Waals surface area (Å²) >= 11 is 6.20. The van der Waals surface area contributed by atoms with Gasteiger partial charge in [0.25, 0.3) is 0 Å². The topological polar surface area (TPSA) is 69.7 Å². The van der Waals surface area contributed by atoms with Crippen LogP contribution in [-0.4, -0.2) is 56.3 Å². The first-order valence-electron chi connectivity index (χ1n) is 8.85. The lowest BCUT2D eigenvalue weighted by atomic mass is 10.2. The number of halogens is 2. The molecule has 0 radical (unpaired) electrons. The number of carbonyl (C=O) groups excluding carboxylic acids is 1. The molecule has 3 rings (SSSR count). The first-order valence-corrected chi connectivity index (χ1v) is 10.7. The van der Waals surface area contributed by atoms with E-state index < -0.39 is 15.8 Å². The predicted octanol–water partition coefficient (Wildman–Crippen LogP) is 2.10. The van der Waals surface area contributed by atoms with Crippen LogP contribution in [0.15, 0.2) is 53.4 Å². The van der Waals surface area contributed by atoms with Gasteiger partial charge in [0, 0.05) is 37.7 Å². The molecule has 2 aromatic rings. The van der Waals surface area contributed by atoms with Gasteiger partial charge in [-0.05, 0) is 35.9 Å². The molecule has 0 saturated carbocycles. The average molecular weight is 426 g/mol. The molecule has 9 heteroatoms. The van der Waals surface area contributed by atoms with Crippen molar-refractivity contribution in [1.82, 2.24) is 14.5 Å². The van der Waals surface area contributed by atoms with Crippen LogP contribution in [0.4, 0.5) is 4.39 Å². The zero-order chi connectivity index (χ0) is 20.1. The van der Waals surface area contributed by atoms with Gasteiger partial charge in [-0.2, -0.15) is 4.31 Å². The Bertz CT molecular complexity index is 932. The summed E-state index contributed by atoms with van der Waals surface area (Å²) in [5.74, 6) is -0.812. The third-order valence-corrected chi connectivity index (χ3v) is 6.71. The molecular formula is C19H21ClFN3O3S. The van der Waals surface area contributed by atoms with E-state index in [9.17, 15) is 17.6 Å². The highest BCUT2D eigenvalue weighted by atomic mass is 35.5. The second-order valence-electron chi connectivity index (χ2n) is 6.45. The van der Waals surface area contributed by atoms with Gasteiger partial charge in [-0.15, -0.1) is 0 Å². The zero-order valence-electron chi connectivity index (χ0n) is 15.1. The fourth-order valence-corrected chi connectivity index (χ4v) is 4.53. The van der Waals surface area contributed by atoms with Crippen LogP contribution in [0, 0.1) is 5.82 Å². The number of hydrogen-bond acceptors (Lipinski definition) is 4. The molecule has 6 nitrogen and oxygen atoms in total. The number of rotatable bonds is 6. The lowest BCUT2D eigenvalue weighted by molar-refractivity contribution is -0.132. The van der Waals surface area contributed by atoms with Crippen LogP contribution in [0.5, 0.6) is 0 Å². The van der Waals surface area contributed by atoms with E-state index in [-0.39, 0.29) is 23.9 Å². The maximum absolute atomic E-state index is 13.2. The Balaban J connectivity index is 1.90. The van der Waals surface area contributed by atoms with Crippen LogP contribution in [0.3, 0.4) is 0 Å². The normalized spacial score (nSPS) is 15.0. The maximum atomic E-state index is 13.2. The van der Waals surface area contributed by atoms with E-state index in [0.29, 0.717) is 36.8 Å². The largest absolute Gasteiger partial charge is 0.339 e.